The van der Waals surface area contributed by atoms with Crippen molar-refractivity contribution in [2.75, 3.05) is 13.2 Å². The maximum atomic E-state index is 12.4. The van der Waals surface area contributed by atoms with E-state index in [9.17, 15) is 20.1 Å². The van der Waals surface area contributed by atoms with Crippen LogP contribution in [0.4, 0.5) is 0 Å². The van der Waals surface area contributed by atoms with Gasteiger partial charge in [0.1, 0.15) is 43.4 Å². The van der Waals surface area contributed by atoms with E-state index in [1.54, 1.807) is 30.3 Å². The van der Waals surface area contributed by atoms with Crippen molar-refractivity contribution in [3.05, 3.63) is 76.3 Å². The summed E-state index contributed by atoms with van der Waals surface area (Å²) >= 11 is 12.3. The van der Waals surface area contributed by atoms with E-state index in [0.717, 1.165) is 0 Å². The fourth-order valence-corrected chi connectivity index (χ4v) is 3.62. The zero-order valence-corrected chi connectivity index (χ0v) is 19.0. The topological polar surface area (TPSA) is 115 Å². The van der Waals surface area contributed by atoms with Crippen molar-refractivity contribution in [3.63, 3.8) is 0 Å². The standard InChI is InChI=1S/C23H24Cl2O8/c1-2-10-30-23-21(28)20(27)19(26)18(33-23)12-32-22(29)13-6-8-14(9-7-13)31-11-15-16(24)4-3-5-17(15)25/h2-9,18-21,23,26-28H,1,10-12H2/t18-,19-,20+,21-,23-/m1/s1. The molecule has 1 fully saturated rings. The van der Waals surface area contributed by atoms with Crippen molar-refractivity contribution in [1.29, 1.82) is 0 Å². The molecule has 1 aliphatic heterocycles. The predicted octanol–water partition coefficient (Wildman–Crippen LogP) is 2.74. The van der Waals surface area contributed by atoms with Gasteiger partial charge in [0.15, 0.2) is 6.29 Å². The van der Waals surface area contributed by atoms with Crippen molar-refractivity contribution in [1.82, 2.24) is 0 Å². The lowest BCUT2D eigenvalue weighted by atomic mass is 9.99. The lowest BCUT2D eigenvalue weighted by molar-refractivity contribution is -0.298. The maximum absolute atomic E-state index is 12.4. The SMILES string of the molecule is C=CCO[C@@H]1O[C@H](COC(=O)c2ccc(OCc3c(Cl)cccc3Cl)cc2)[C@@H](O)[C@H](O)[C@H]1O. The monoisotopic (exact) mass is 498 g/mol. The molecule has 178 valence electrons. The number of hydrogen-bond acceptors (Lipinski definition) is 8. The number of carbonyl (C=O) groups excluding carboxylic acids is 1. The van der Waals surface area contributed by atoms with Crippen LogP contribution in [0.2, 0.25) is 10.0 Å². The molecule has 33 heavy (non-hydrogen) atoms. The molecule has 5 atom stereocenters. The van der Waals surface area contributed by atoms with Crippen LogP contribution in [-0.2, 0) is 20.8 Å². The molecule has 1 aliphatic rings. The fraction of sp³-hybridized carbons (Fsp3) is 0.348. The van der Waals surface area contributed by atoms with Crippen LogP contribution in [0.25, 0.3) is 0 Å². The Balaban J connectivity index is 1.54. The molecule has 0 aliphatic carbocycles. The number of halogens is 2. The normalized spacial score (nSPS) is 24.8. The van der Waals surface area contributed by atoms with E-state index in [-0.39, 0.29) is 25.4 Å². The second-order valence-corrected chi connectivity index (χ2v) is 8.06. The summed E-state index contributed by atoms with van der Waals surface area (Å²) in [4.78, 5) is 12.4. The zero-order chi connectivity index (χ0) is 24.0. The minimum absolute atomic E-state index is 0.0636. The number of benzene rings is 2. The summed E-state index contributed by atoms with van der Waals surface area (Å²) in [7, 11) is 0. The highest BCUT2D eigenvalue weighted by molar-refractivity contribution is 6.35. The summed E-state index contributed by atoms with van der Waals surface area (Å²) < 4.78 is 21.6. The van der Waals surface area contributed by atoms with Crippen LogP contribution in [0.1, 0.15) is 15.9 Å². The first-order valence-electron chi connectivity index (χ1n) is 10.1. The Morgan fingerprint density at radius 1 is 1.03 bits per heavy atom. The molecule has 10 heteroatoms. The van der Waals surface area contributed by atoms with E-state index in [4.69, 9.17) is 42.1 Å². The molecule has 2 aromatic rings. The Kier molecular flexibility index (Phi) is 9.10. The molecule has 1 heterocycles. The molecule has 3 N–H and O–H groups in total. The van der Waals surface area contributed by atoms with Crippen molar-refractivity contribution >= 4 is 29.2 Å². The van der Waals surface area contributed by atoms with Crippen LogP contribution in [0.3, 0.4) is 0 Å². The first-order valence-corrected chi connectivity index (χ1v) is 10.8. The summed E-state index contributed by atoms with van der Waals surface area (Å²) in [6, 6.07) is 11.4. The number of aliphatic hydroxyl groups is 3. The van der Waals surface area contributed by atoms with Crippen LogP contribution in [0.5, 0.6) is 5.75 Å². The molecule has 2 aromatic carbocycles. The van der Waals surface area contributed by atoms with E-state index >= 15 is 0 Å². The highest BCUT2D eigenvalue weighted by Gasteiger charge is 2.44. The molecule has 3 rings (SSSR count). The van der Waals surface area contributed by atoms with E-state index in [2.05, 4.69) is 6.58 Å². The van der Waals surface area contributed by atoms with Crippen molar-refractivity contribution in [2.45, 2.75) is 37.3 Å². The molecule has 8 nitrogen and oxygen atoms in total. The fourth-order valence-electron chi connectivity index (χ4n) is 3.11. The highest BCUT2D eigenvalue weighted by Crippen LogP contribution is 2.26. The Bertz CT molecular complexity index is 932. The Morgan fingerprint density at radius 3 is 2.33 bits per heavy atom. The van der Waals surface area contributed by atoms with Crippen LogP contribution < -0.4 is 4.74 Å². The second kappa shape index (κ2) is 11.8. The molecule has 0 amide bonds. The Hall–Kier alpha value is -2.17. The van der Waals surface area contributed by atoms with Gasteiger partial charge in [-0.3, -0.25) is 0 Å². The van der Waals surface area contributed by atoms with Crippen LogP contribution >= 0.6 is 23.2 Å². The molecule has 0 radical (unpaired) electrons. The van der Waals surface area contributed by atoms with Gasteiger partial charge in [-0.2, -0.15) is 0 Å². The number of rotatable bonds is 9. The summed E-state index contributed by atoms with van der Waals surface area (Å²) in [5.74, 6) is -0.177. The van der Waals surface area contributed by atoms with E-state index < -0.39 is 36.7 Å². The van der Waals surface area contributed by atoms with Crippen molar-refractivity contribution < 1.29 is 39.1 Å². The lowest BCUT2D eigenvalue weighted by Gasteiger charge is -2.39. The number of carbonyl (C=O) groups is 1. The zero-order valence-electron chi connectivity index (χ0n) is 17.5. The van der Waals surface area contributed by atoms with Crippen LogP contribution in [-0.4, -0.2) is 65.2 Å². The third-order valence-corrected chi connectivity index (χ3v) is 5.67. The molecule has 0 aromatic heterocycles. The van der Waals surface area contributed by atoms with Gasteiger partial charge in [0.25, 0.3) is 0 Å². The summed E-state index contributed by atoms with van der Waals surface area (Å²) in [6.07, 6.45) is -5.30. The first kappa shape index (κ1) is 25.5. The molecular formula is C23H24Cl2O8. The van der Waals surface area contributed by atoms with Crippen molar-refractivity contribution in [2.24, 2.45) is 0 Å². The van der Waals surface area contributed by atoms with Gasteiger partial charge in [-0.15, -0.1) is 6.58 Å². The van der Waals surface area contributed by atoms with Gasteiger partial charge < -0.3 is 34.3 Å². The second-order valence-electron chi connectivity index (χ2n) is 7.25. The van der Waals surface area contributed by atoms with Gasteiger partial charge in [0, 0.05) is 15.6 Å². The predicted molar refractivity (Wildman–Crippen MR) is 120 cm³/mol. The molecular weight excluding hydrogens is 475 g/mol. The molecule has 1 saturated heterocycles. The number of hydrogen-bond donors (Lipinski definition) is 3. The van der Waals surface area contributed by atoms with Gasteiger partial charge in [0.2, 0.25) is 0 Å². The van der Waals surface area contributed by atoms with Crippen LogP contribution in [0.15, 0.2) is 55.1 Å². The molecule has 0 spiro atoms. The third-order valence-electron chi connectivity index (χ3n) is 4.96. The van der Waals surface area contributed by atoms with Gasteiger partial charge in [-0.05, 0) is 36.4 Å². The summed E-state index contributed by atoms with van der Waals surface area (Å²) in [5, 5.41) is 31.1. The number of aliphatic hydroxyl groups excluding tert-OH is 3. The average molecular weight is 499 g/mol. The molecule has 0 saturated carbocycles. The molecule has 0 unspecified atom stereocenters. The van der Waals surface area contributed by atoms with E-state index in [0.29, 0.717) is 21.4 Å². The maximum Gasteiger partial charge on any atom is 0.338 e. The first-order chi connectivity index (χ1) is 15.8. The smallest absolute Gasteiger partial charge is 0.338 e. The van der Waals surface area contributed by atoms with E-state index in [1.807, 2.05) is 0 Å². The quantitative estimate of drug-likeness (QED) is 0.357. The number of ether oxygens (including phenoxy) is 4. The summed E-state index contributed by atoms with van der Waals surface area (Å²) in [6.45, 7) is 3.35. The Morgan fingerprint density at radius 2 is 1.70 bits per heavy atom. The average Bonchev–Trinajstić information content (AvgIpc) is 2.81. The number of esters is 1. The lowest BCUT2D eigenvalue weighted by Crippen LogP contribution is -2.59. The van der Waals surface area contributed by atoms with Gasteiger partial charge in [-0.1, -0.05) is 35.3 Å². The minimum Gasteiger partial charge on any atom is -0.489 e. The third kappa shape index (κ3) is 6.45. The highest BCUT2D eigenvalue weighted by atomic mass is 35.5. The van der Waals surface area contributed by atoms with Gasteiger partial charge in [0.05, 0.1) is 12.2 Å². The van der Waals surface area contributed by atoms with E-state index in [1.165, 1.54) is 18.2 Å². The Labute approximate surface area is 200 Å². The molecule has 0 bridgehead atoms. The van der Waals surface area contributed by atoms with Crippen LogP contribution in [0, 0.1) is 0 Å². The van der Waals surface area contributed by atoms with Crippen molar-refractivity contribution in [3.8, 4) is 5.75 Å². The summed E-state index contributed by atoms with van der Waals surface area (Å²) in [5.41, 5.74) is 0.890. The van der Waals surface area contributed by atoms with Gasteiger partial charge >= 0.3 is 5.97 Å². The largest absolute Gasteiger partial charge is 0.489 e. The van der Waals surface area contributed by atoms with Gasteiger partial charge in [-0.25, -0.2) is 4.79 Å². The minimum atomic E-state index is -1.53.